The van der Waals surface area contributed by atoms with Crippen LogP contribution >= 0.6 is 0 Å². The number of nitrogens with one attached hydrogen (secondary N) is 1. The zero-order valence-corrected chi connectivity index (χ0v) is 15.5. The Morgan fingerprint density at radius 2 is 2.14 bits per heavy atom. The monoisotopic (exact) mass is 378 g/mol. The van der Waals surface area contributed by atoms with E-state index in [1.54, 1.807) is 42.5 Å². The molecule has 1 saturated carbocycles. The third-order valence-electron chi connectivity index (χ3n) is 5.11. The van der Waals surface area contributed by atoms with Crippen LogP contribution in [0.1, 0.15) is 34.8 Å². The number of hydrogen-bond donors (Lipinski definition) is 2. The van der Waals surface area contributed by atoms with E-state index in [4.69, 9.17) is 4.74 Å². The molecule has 144 valence electrons. The van der Waals surface area contributed by atoms with Crippen molar-refractivity contribution < 1.29 is 14.6 Å². The minimum Gasteiger partial charge on any atom is -0.495 e. The van der Waals surface area contributed by atoms with Crippen LogP contribution in [-0.4, -0.2) is 39.0 Å². The van der Waals surface area contributed by atoms with E-state index in [-0.39, 0.29) is 24.0 Å². The maximum atomic E-state index is 13.0. The summed E-state index contributed by atoms with van der Waals surface area (Å²) in [7, 11) is 1.59. The number of ether oxygens (including phenoxy) is 1. The molecule has 0 saturated heterocycles. The molecule has 7 heteroatoms. The van der Waals surface area contributed by atoms with Gasteiger partial charge in [0.15, 0.2) is 0 Å². The number of hydrogen-bond acceptors (Lipinski definition) is 5. The van der Waals surface area contributed by atoms with Crippen LogP contribution in [0.5, 0.6) is 5.75 Å². The van der Waals surface area contributed by atoms with Gasteiger partial charge in [-0.25, -0.2) is 4.68 Å². The Hall–Kier alpha value is -3.19. The Morgan fingerprint density at radius 1 is 1.29 bits per heavy atom. The number of carbonyl (C=O) groups is 1. The van der Waals surface area contributed by atoms with Gasteiger partial charge in [-0.05, 0) is 54.7 Å². The normalized spacial score (nSPS) is 19.5. The highest BCUT2D eigenvalue weighted by molar-refractivity contribution is 5.95. The van der Waals surface area contributed by atoms with Crippen LogP contribution in [-0.2, 0) is 0 Å². The number of carbonyl (C=O) groups excluding carboxylic acids is 1. The second-order valence-electron chi connectivity index (χ2n) is 7.00. The maximum Gasteiger partial charge on any atom is 0.251 e. The van der Waals surface area contributed by atoms with Crippen LogP contribution in [0.15, 0.2) is 61.2 Å². The van der Waals surface area contributed by atoms with Crippen molar-refractivity contribution in [3.8, 4) is 11.4 Å². The molecule has 0 radical (unpaired) electrons. The van der Waals surface area contributed by atoms with Crippen LogP contribution in [0, 0.1) is 5.92 Å². The van der Waals surface area contributed by atoms with Gasteiger partial charge in [-0.3, -0.25) is 9.78 Å². The largest absolute Gasteiger partial charge is 0.495 e. The highest BCUT2D eigenvalue weighted by atomic mass is 16.5. The zero-order chi connectivity index (χ0) is 19.5. The molecule has 2 aromatic heterocycles. The molecule has 1 unspecified atom stereocenters. The van der Waals surface area contributed by atoms with Crippen LogP contribution in [0.25, 0.3) is 5.69 Å². The van der Waals surface area contributed by atoms with E-state index in [0.29, 0.717) is 24.2 Å². The van der Waals surface area contributed by atoms with Gasteiger partial charge in [-0.15, -0.1) is 0 Å². The average Bonchev–Trinajstić information content (AvgIpc) is 3.25. The third-order valence-corrected chi connectivity index (χ3v) is 5.11. The SMILES string of the molecule is COc1cncc(C(NC(=O)c2cccc(-n3cccn3)c2)C2CC(O)C2)c1. The molecule has 1 atom stereocenters. The van der Waals surface area contributed by atoms with Crippen molar-refractivity contribution in [2.75, 3.05) is 7.11 Å². The lowest BCUT2D eigenvalue weighted by molar-refractivity contribution is 0.0234. The summed E-state index contributed by atoms with van der Waals surface area (Å²) in [5, 5.41) is 17.1. The van der Waals surface area contributed by atoms with Crippen LogP contribution in [0.2, 0.25) is 0 Å². The molecular formula is C21H22N4O3. The lowest BCUT2D eigenvalue weighted by atomic mass is 9.75. The predicted molar refractivity (Wildman–Crippen MR) is 103 cm³/mol. The van der Waals surface area contributed by atoms with Gasteiger partial charge in [-0.2, -0.15) is 5.10 Å². The van der Waals surface area contributed by atoms with Gasteiger partial charge in [0.1, 0.15) is 5.75 Å². The van der Waals surface area contributed by atoms with Gasteiger partial charge >= 0.3 is 0 Å². The molecule has 1 aliphatic rings. The number of pyridine rings is 1. The highest BCUT2D eigenvalue weighted by Crippen LogP contribution is 2.38. The van der Waals surface area contributed by atoms with E-state index < -0.39 is 0 Å². The molecule has 0 bridgehead atoms. The third kappa shape index (κ3) is 3.75. The number of aromatic nitrogens is 3. The first-order chi connectivity index (χ1) is 13.6. The first kappa shape index (κ1) is 18.2. The summed E-state index contributed by atoms with van der Waals surface area (Å²) >= 11 is 0. The maximum absolute atomic E-state index is 13.0. The van der Waals surface area contributed by atoms with E-state index in [9.17, 15) is 9.90 Å². The van der Waals surface area contributed by atoms with Crippen molar-refractivity contribution >= 4 is 5.91 Å². The summed E-state index contributed by atoms with van der Waals surface area (Å²) in [4.78, 5) is 17.2. The van der Waals surface area contributed by atoms with Crippen LogP contribution < -0.4 is 10.1 Å². The van der Waals surface area contributed by atoms with E-state index in [0.717, 1.165) is 11.3 Å². The summed E-state index contributed by atoms with van der Waals surface area (Å²) < 4.78 is 6.98. The Balaban J connectivity index is 1.58. The molecule has 7 nitrogen and oxygen atoms in total. The first-order valence-corrected chi connectivity index (χ1v) is 9.22. The van der Waals surface area contributed by atoms with Gasteiger partial charge in [0.2, 0.25) is 0 Å². The first-order valence-electron chi connectivity index (χ1n) is 9.22. The van der Waals surface area contributed by atoms with Gasteiger partial charge in [0.05, 0.1) is 31.1 Å². The summed E-state index contributed by atoms with van der Waals surface area (Å²) in [5.74, 6) is 0.614. The summed E-state index contributed by atoms with van der Waals surface area (Å²) in [6, 6.07) is 10.8. The number of methoxy groups -OCH3 is 1. The molecule has 2 heterocycles. The molecule has 0 spiro atoms. The molecule has 1 aromatic carbocycles. The van der Waals surface area contributed by atoms with Gasteiger partial charge in [-0.1, -0.05) is 6.07 Å². The van der Waals surface area contributed by atoms with Gasteiger partial charge in [0.25, 0.3) is 5.91 Å². The minimum atomic E-state index is -0.314. The molecule has 4 rings (SSSR count). The quantitative estimate of drug-likeness (QED) is 0.688. The minimum absolute atomic E-state index is 0.155. The zero-order valence-electron chi connectivity index (χ0n) is 15.5. The number of amides is 1. The number of aliphatic hydroxyl groups is 1. The van der Waals surface area contributed by atoms with Crippen molar-refractivity contribution in [2.24, 2.45) is 5.92 Å². The van der Waals surface area contributed by atoms with E-state index in [1.165, 1.54) is 0 Å². The van der Waals surface area contributed by atoms with E-state index >= 15 is 0 Å². The number of aliphatic hydroxyl groups excluding tert-OH is 1. The van der Waals surface area contributed by atoms with E-state index in [2.05, 4.69) is 15.4 Å². The molecule has 1 aliphatic carbocycles. The van der Waals surface area contributed by atoms with Crippen molar-refractivity contribution in [1.29, 1.82) is 0 Å². The molecule has 1 amide bonds. The number of rotatable bonds is 6. The van der Waals surface area contributed by atoms with Crippen molar-refractivity contribution in [3.63, 3.8) is 0 Å². The fourth-order valence-electron chi connectivity index (χ4n) is 3.53. The lowest BCUT2D eigenvalue weighted by Gasteiger charge is -2.38. The standard InChI is InChI=1S/C21H22N4O3/c1-28-19-11-16(12-22-13-19)20(15-9-18(26)10-15)24-21(27)14-4-2-5-17(8-14)25-7-3-6-23-25/h2-8,11-13,15,18,20,26H,9-10H2,1H3,(H,24,27). The smallest absolute Gasteiger partial charge is 0.251 e. The topological polar surface area (TPSA) is 89.3 Å². The molecule has 28 heavy (non-hydrogen) atoms. The second kappa shape index (κ2) is 7.82. The Morgan fingerprint density at radius 3 is 2.86 bits per heavy atom. The lowest BCUT2D eigenvalue weighted by Crippen LogP contribution is -2.41. The van der Waals surface area contributed by atoms with Crippen molar-refractivity contribution in [1.82, 2.24) is 20.1 Å². The van der Waals surface area contributed by atoms with Crippen molar-refractivity contribution in [2.45, 2.75) is 25.0 Å². The summed E-state index contributed by atoms with van der Waals surface area (Å²) in [5.41, 5.74) is 2.23. The van der Waals surface area contributed by atoms with Gasteiger partial charge in [0, 0.05) is 24.2 Å². The highest BCUT2D eigenvalue weighted by Gasteiger charge is 2.36. The Labute approximate surface area is 163 Å². The number of benzene rings is 1. The fourth-order valence-corrected chi connectivity index (χ4v) is 3.53. The fraction of sp³-hybridized carbons (Fsp3) is 0.286. The summed E-state index contributed by atoms with van der Waals surface area (Å²) in [6.07, 6.45) is 7.87. The molecule has 1 fully saturated rings. The second-order valence-corrected chi connectivity index (χ2v) is 7.00. The molecule has 0 aliphatic heterocycles. The van der Waals surface area contributed by atoms with Gasteiger partial charge < -0.3 is 15.2 Å². The Kier molecular flexibility index (Phi) is 5.08. The van der Waals surface area contributed by atoms with E-state index in [1.807, 2.05) is 30.5 Å². The Bertz CT molecular complexity index is 952. The van der Waals surface area contributed by atoms with Crippen LogP contribution in [0.3, 0.4) is 0 Å². The van der Waals surface area contributed by atoms with Crippen molar-refractivity contribution in [3.05, 3.63) is 72.3 Å². The molecule has 3 aromatic rings. The van der Waals surface area contributed by atoms with Crippen LogP contribution in [0.4, 0.5) is 0 Å². The number of nitrogens with zero attached hydrogens (tertiary/aromatic N) is 3. The average molecular weight is 378 g/mol. The molecule has 2 N–H and O–H groups in total. The summed E-state index contributed by atoms with van der Waals surface area (Å²) in [6.45, 7) is 0. The molecular weight excluding hydrogens is 356 g/mol. The predicted octanol–water partition coefficient (Wildman–Crippen LogP) is 2.52.